The summed E-state index contributed by atoms with van der Waals surface area (Å²) in [5, 5.41) is 1.88. The van der Waals surface area contributed by atoms with Crippen LogP contribution in [0, 0.1) is 5.92 Å². The molecule has 0 aliphatic carbocycles. The first-order valence-corrected chi connectivity index (χ1v) is 9.90. The van der Waals surface area contributed by atoms with Crippen LogP contribution < -0.4 is 4.72 Å². The number of piperidine rings is 1. The fraction of sp³-hybridized carbons (Fsp3) is 0.583. The summed E-state index contributed by atoms with van der Waals surface area (Å²) < 4.78 is 25.6. The van der Waals surface area contributed by atoms with Crippen LogP contribution in [0.1, 0.15) is 22.5 Å². The molecule has 112 valence electrons. The topological polar surface area (TPSA) is 66.5 Å². The molecule has 1 aliphatic rings. The summed E-state index contributed by atoms with van der Waals surface area (Å²) in [6.45, 7) is 1.73. The highest BCUT2D eigenvalue weighted by Crippen LogP contribution is 2.26. The number of hydrogen-bond donors (Lipinski definition) is 1. The standard InChI is InChI=1S/C12H17BrN2O3S2/c1-20(17,18)14-7-9-3-2-5-15(8-9)12(16)11-10(13)4-6-19-11/h4,6,9,14H,2-3,5,7-8H2,1H3. The second-order valence-corrected chi connectivity index (χ2v) is 8.58. The van der Waals surface area contributed by atoms with Gasteiger partial charge in [-0.2, -0.15) is 0 Å². The number of thiophene rings is 1. The minimum atomic E-state index is -3.17. The van der Waals surface area contributed by atoms with Crippen LogP contribution in [0.15, 0.2) is 15.9 Å². The molecular weight excluding hydrogens is 364 g/mol. The lowest BCUT2D eigenvalue weighted by Crippen LogP contribution is -2.43. The summed E-state index contributed by atoms with van der Waals surface area (Å²) >= 11 is 4.80. The lowest BCUT2D eigenvalue weighted by atomic mass is 9.98. The molecule has 1 N–H and O–H groups in total. The predicted molar refractivity (Wildman–Crippen MR) is 83.5 cm³/mol. The fourth-order valence-corrected chi connectivity index (χ4v) is 4.32. The van der Waals surface area contributed by atoms with Crippen molar-refractivity contribution in [2.24, 2.45) is 5.92 Å². The highest BCUT2D eigenvalue weighted by atomic mass is 79.9. The maximum Gasteiger partial charge on any atom is 0.265 e. The van der Waals surface area contributed by atoms with E-state index in [0.29, 0.717) is 18.0 Å². The van der Waals surface area contributed by atoms with Crippen molar-refractivity contribution in [2.75, 3.05) is 25.9 Å². The van der Waals surface area contributed by atoms with Crippen molar-refractivity contribution in [1.29, 1.82) is 0 Å². The quantitative estimate of drug-likeness (QED) is 0.867. The lowest BCUT2D eigenvalue weighted by molar-refractivity contribution is 0.0680. The van der Waals surface area contributed by atoms with Gasteiger partial charge in [0.2, 0.25) is 10.0 Å². The van der Waals surface area contributed by atoms with E-state index in [0.717, 1.165) is 30.1 Å². The van der Waals surface area contributed by atoms with Crippen LogP contribution in [0.2, 0.25) is 0 Å². The Hall–Kier alpha value is -0.440. The van der Waals surface area contributed by atoms with Gasteiger partial charge in [-0.15, -0.1) is 11.3 Å². The highest BCUT2D eigenvalue weighted by Gasteiger charge is 2.26. The van der Waals surface area contributed by atoms with Gasteiger partial charge in [0.15, 0.2) is 0 Å². The smallest absolute Gasteiger partial charge is 0.265 e. The number of hydrogen-bond acceptors (Lipinski definition) is 4. The molecule has 0 radical (unpaired) electrons. The largest absolute Gasteiger partial charge is 0.338 e. The number of carbonyl (C=O) groups excluding carboxylic acids is 1. The maximum absolute atomic E-state index is 12.4. The second kappa shape index (κ2) is 6.55. The number of nitrogens with zero attached hydrogens (tertiary/aromatic N) is 1. The van der Waals surface area contributed by atoms with Gasteiger partial charge in [-0.05, 0) is 46.1 Å². The summed E-state index contributed by atoms with van der Waals surface area (Å²) in [5.41, 5.74) is 0. The van der Waals surface area contributed by atoms with Crippen molar-refractivity contribution >= 4 is 43.2 Å². The molecule has 0 aromatic carbocycles. The zero-order chi connectivity index (χ0) is 14.8. The zero-order valence-corrected chi connectivity index (χ0v) is 14.4. The Kier molecular flexibility index (Phi) is 5.22. The normalized spacial score (nSPS) is 20.1. The number of likely N-dealkylation sites (tertiary alicyclic amines) is 1. The Morgan fingerprint density at radius 2 is 2.35 bits per heavy atom. The van der Waals surface area contributed by atoms with Crippen molar-refractivity contribution in [3.8, 4) is 0 Å². The maximum atomic E-state index is 12.4. The molecule has 1 atom stereocenters. The molecular formula is C12H17BrN2O3S2. The Labute approximate surface area is 131 Å². The fourth-order valence-electron chi connectivity index (χ4n) is 2.28. The average Bonchev–Trinajstić information content (AvgIpc) is 2.81. The van der Waals surface area contributed by atoms with Gasteiger partial charge < -0.3 is 4.90 Å². The Morgan fingerprint density at radius 3 is 2.95 bits per heavy atom. The van der Waals surface area contributed by atoms with Crippen LogP contribution >= 0.6 is 27.3 Å². The molecule has 1 aliphatic heterocycles. The molecule has 2 heterocycles. The van der Waals surface area contributed by atoms with Gasteiger partial charge in [-0.25, -0.2) is 13.1 Å². The molecule has 0 bridgehead atoms. The van der Waals surface area contributed by atoms with Gasteiger partial charge in [0, 0.05) is 24.1 Å². The monoisotopic (exact) mass is 380 g/mol. The first kappa shape index (κ1) is 15.9. The van der Waals surface area contributed by atoms with Crippen LogP contribution in [-0.4, -0.2) is 45.1 Å². The number of rotatable bonds is 4. The highest BCUT2D eigenvalue weighted by molar-refractivity contribution is 9.10. The predicted octanol–water partition coefficient (Wildman–Crippen LogP) is 1.91. The number of nitrogens with one attached hydrogen (secondary N) is 1. The third-order valence-corrected chi connectivity index (χ3v) is 5.77. The van der Waals surface area contributed by atoms with Gasteiger partial charge in [0.1, 0.15) is 4.88 Å². The molecule has 1 fully saturated rings. The number of halogens is 1. The number of sulfonamides is 1. The van der Waals surface area contributed by atoms with Crippen LogP contribution in [0.3, 0.4) is 0 Å². The summed E-state index contributed by atoms with van der Waals surface area (Å²) in [6, 6.07) is 1.87. The van der Waals surface area contributed by atoms with Crippen LogP contribution in [-0.2, 0) is 10.0 Å². The van der Waals surface area contributed by atoms with E-state index in [1.54, 1.807) is 0 Å². The molecule has 20 heavy (non-hydrogen) atoms. The van der Waals surface area contributed by atoms with Gasteiger partial charge in [-0.1, -0.05) is 0 Å². The number of amides is 1. The third-order valence-electron chi connectivity index (χ3n) is 3.25. The van der Waals surface area contributed by atoms with Gasteiger partial charge in [0.25, 0.3) is 5.91 Å². The minimum Gasteiger partial charge on any atom is -0.338 e. The molecule has 8 heteroatoms. The first-order chi connectivity index (χ1) is 9.37. The van der Waals surface area contributed by atoms with Crippen molar-refractivity contribution < 1.29 is 13.2 Å². The van der Waals surface area contributed by atoms with Crippen molar-refractivity contribution in [2.45, 2.75) is 12.8 Å². The van der Waals surface area contributed by atoms with Gasteiger partial charge in [0.05, 0.1) is 6.26 Å². The summed E-state index contributed by atoms with van der Waals surface area (Å²) in [7, 11) is -3.17. The van der Waals surface area contributed by atoms with Gasteiger partial charge >= 0.3 is 0 Å². The molecule has 1 amide bonds. The van der Waals surface area contributed by atoms with E-state index < -0.39 is 10.0 Å². The molecule has 1 saturated heterocycles. The van der Waals surface area contributed by atoms with E-state index in [1.165, 1.54) is 11.3 Å². The average molecular weight is 381 g/mol. The first-order valence-electron chi connectivity index (χ1n) is 6.34. The molecule has 0 saturated carbocycles. The van der Waals surface area contributed by atoms with Crippen LogP contribution in [0.4, 0.5) is 0 Å². The molecule has 0 spiro atoms. The molecule has 5 nitrogen and oxygen atoms in total. The Morgan fingerprint density at radius 1 is 1.60 bits per heavy atom. The van der Waals surface area contributed by atoms with Crippen molar-refractivity contribution in [3.63, 3.8) is 0 Å². The number of carbonyl (C=O) groups is 1. The minimum absolute atomic E-state index is 0.0240. The van der Waals surface area contributed by atoms with Crippen molar-refractivity contribution in [1.82, 2.24) is 9.62 Å². The molecule has 1 unspecified atom stereocenters. The van der Waals surface area contributed by atoms with Crippen LogP contribution in [0.25, 0.3) is 0 Å². The summed E-state index contributed by atoms with van der Waals surface area (Å²) in [5.74, 6) is 0.206. The van der Waals surface area contributed by atoms with E-state index in [9.17, 15) is 13.2 Å². The van der Waals surface area contributed by atoms with E-state index in [2.05, 4.69) is 20.7 Å². The zero-order valence-electron chi connectivity index (χ0n) is 11.1. The third kappa shape index (κ3) is 4.28. The molecule has 1 aromatic heterocycles. The second-order valence-electron chi connectivity index (χ2n) is 4.98. The summed E-state index contributed by atoms with van der Waals surface area (Å²) in [6.07, 6.45) is 3.00. The van der Waals surface area contributed by atoms with E-state index >= 15 is 0 Å². The Bertz CT molecular complexity index is 585. The molecule has 1 aromatic rings. The Balaban J connectivity index is 1.97. The summed E-state index contributed by atoms with van der Waals surface area (Å²) in [4.78, 5) is 14.9. The SMILES string of the molecule is CS(=O)(=O)NCC1CCCN(C(=O)c2sccc2Br)C1. The van der Waals surface area contributed by atoms with Gasteiger partial charge in [-0.3, -0.25) is 4.79 Å². The van der Waals surface area contributed by atoms with E-state index in [4.69, 9.17) is 0 Å². The lowest BCUT2D eigenvalue weighted by Gasteiger charge is -2.32. The van der Waals surface area contributed by atoms with Crippen molar-refractivity contribution in [3.05, 3.63) is 20.8 Å². The van der Waals surface area contributed by atoms with E-state index in [1.807, 2.05) is 16.3 Å². The van der Waals surface area contributed by atoms with Crippen LogP contribution in [0.5, 0.6) is 0 Å². The molecule has 2 rings (SSSR count). The van der Waals surface area contributed by atoms with E-state index in [-0.39, 0.29) is 11.8 Å².